The summed E-state index contributed by atoms with van der Waals surface area (Å²) in [7, 11) is -0.527. The minimum Gasteiger partial charge on any atom is -0.399 e. The van der Waals surface area contributed by atoms with Crippen LogP contribution in [0.25, 0.3) is 0 Å². The molecule has 0 aliphatic carbocycles. The van der Waals surface area contributed by atoms with Crippen LogP contribution in [0.5, 0.6) is 0 Å². The molecule has 0 radical (unpaired) electrons. The van der Waals surface area contributed by atoms with Gasteiger partial charge in [0.1, 0.15) is 0 Å². The minimum absolute atomic E-state index is 0.440. The molecule has 1 amide bonds. The number of anilines is 1. The number of halogens is 1. The number of hydrogen-bond donors (Lipinski definition) is 1. The highest BCUT2D eigenvalue weighted by Crippen LogP contribution is 2.36. The summed E-state index contributed by atoms with van der Waals surface area (Å²) in [4.78, 5) is 11.3. The van der Waals surface area contributed by atoms with Crippen molar-refractivity contribution in [2.45, 2.75) is 38.9 Å². The van der Waals surface area contributed by atoms with Crippen LogP contribution < -0.4 is 10.8 Å². The molecule has 0 saturated carbocycles. The zero-order valence-corrected chi connectivity index (χ0v) is 12.7. The van der Waals surface area contributed by atoms with Gasteiger partial charge in [0.05, 0.1) is 11.2 Å². The van der Waals surface area contributed by atoms with Crippen molar-refractivity contribution in [1.82, 2.24) is 0 Å². The lowest BCUT2D eigenvalue weighted by molar-refractivity contribution is -0.114. The van der Waals surface area contributed by atoms with Gasteiger partial charge >= 0.3 is 7.12 Å². The van der Waals surface area contributed by atoms with E-state index >= 15 is 0 Å². The molecule has 0 bridgehead atoms. The SMILES string of the molecule is C=C(F)C(=O)Nc1cccc(B2OC(C)(C)C(C)(C)O2)c1. The van der Waals surface area contributed by atoms with Crippen LogP contribution in [0.1, 0.15) is 27.7 Å². The highest BCUT2D eigenvalue weighted by atomic mass is 19.1. The van der Waals surface area contributed by atoms with Gasteiger partial charge in [-0.1, -0.05) is 18.7 Å². The van der Waals surface area contributed by atoms with Crippen molar-refractivity contribution in [2.24, 2.45) is 0 Å². The van der Waals surface area contributed by atoms with Crippen LogP contribution in [0.2, 0.25) is 0 Å². The van der Waals surface area contributed by atoms with E-state index in [-0.39, 0.29) is 0 Å². The monoisotopic (exact) mass is 291 g/mol. The molecule has 1 saturated heterocycles. The van der Waals surface area contributed by atoms with Crippen molar-refractivity contribution in [2.75, 3.05) is 5.32 Å². The summed E-state index contributed by atoms with van der Waals surface area (Å²) < 4.78 is 24.6. The Morgan fingerprint density at radius 2 is 1.81 bits per heavy atom. The maximum Gasteiger partial charge on any atom is 0.494 e. The average molecular weight is 291 g/mol. The predicted molar refractivity (Wildman–Crippen MR) is 81.0 cm³/mol. The summed E-state index contributed by atoms with van der Waals surface area (Å²) >= 11 is 0. The molecule has 0 atom stereocenters. The number of carbonyl (C=O) groups excluding carboxylic acids is 1. The molecule has 0 spiro atoms. The van der Waals surface area contributed by atoms with E-state index in [2.05, 4.69) is 11.9 Å². The van der Waals surface area contributed by atoms with Crippen LogP contribution in [0, 0.1) is 0 Å². The number of carbonyl (C=O) groups is 1. The Kier molecular flexibility index (Phi) is 3.95. The van der Waals surface area contributed by atoms with E-state index in [1.807, 2.05) is 33.8 Å². The van der Waals surface area contributed by atoms with Crippen molar-refractivity contribution >= 4 is 24.2 Å². The van der Waals surface area contributed by atoms with E-state index in [0.29, 0.717) is 5.69 Å². The van der Waals surface area contributed by atoms with Gasteiger partial charge in [-0.3, -0.25) is 4.79 Å². The molecule has 4 nitrogen and oxygen atoms in total. The van der Waals surface area contributed by atoms with Crippen molar-refractivity contribution < 1.29 is 18.5 Å². The van der Waals surface area contributed by atoms with Gasteiger partial charge in [-0.25, -0.2) is 4.39 Å². The lowest BCUT2D eigenvalue weighted by Crippen LogP contribution is -2.41. The maximum absolute atomic E-state index is 12.7. The first kappa shape index (κ1) is 15.7. The number of benzene rings is 1. The van der Waals surface area contributed by atoms with Gasteiger partial charge in [-0.15, -0.1) is 0 Å². The molecule has 1 N–H and O–H groups in total. The van der Waals surface area contributed by atoms with Crippen molar-refractivity contribution in [3.8, 4) is 0 Å². The Morgan fingerprint density at radius 1 is 1.24 bits per heavy atom. The first-order chi connectivity index (χ1) is 9.62. The first-order valence-corrected chi connectivity index (χ1v) is 6.74. The van der Waals surface area contributed by atoms with Crippen LogP contribution in [-0.4, -0.2) is 24.2 Å². The standard InChI is InChI=1S/C15H19BFNO3/c1-10(17)13(19)18-12-8-6-7-11(9-12)16-20-14(2,3)15(4,5)21-16/h6-9H,1H2,2-5H3,(H,18,19). The van der Waals surface area contributed by atoms with E-state index in [9.17, 15) is 9.18 Å². The zero-order chi connectivity index (χ0) is 15.8. The highest BCUT2D eigenvalue weighted by molar-refractivity contribution is 6.62. The van der Waals surface area contributed by atoms with Gasteiger partial charge < -0.3 is 14.6 Å². The topological polar surface area (TPSA) is 47.6 Å². The molecular formula is C15H19BFNO3. The summed E-state index contributed by atoms with van der Waals surface area (Å²) in [6, 6.07) is 6.94. The minimum atomic E-state index is -1.03. The van der Waals surface area contributed by atoms with Crippen LogP contribution in [0.3, 0.4) is 0 Å². The highest BCUT2D eigenvalue weighted by Gasteiger charge is 2.51. The fraction of sp³-hybridized carbons (Fsp3) is 0.400. The quantitative estimate of drug-likeness (QED) is 0.687. The molecule has 1 aliphatic rings. The second-order valence-electron chi connectivity index (χ2n) is 6.07. The molecule has 2 rings (SSSR count). The van der Waals surface area contributed by atoms with Gasteiger partial charge in [0.25, 0.3) is 5.91 Å². The molecule has 0 aromatic heterocycles. The average Bonchev–Trinajstić information content (AvgIpc) is 2.58. The second-order valence-corrected chi connectivity index (χ2v) is 6.07. The normalized spacial score (nSPS) is 19.4. The third-order valence-corrected chi connectivity index (χ3v) is 3.92. The number of hydrogen-bond acceptors (Lipinski definition) is 3. The fourth-order valence-corrected chi connectivity index (χ4v) is 1.94. The van der Waals surface area contributed by atoms with Gasteiger partial charge in [0.2, 0.25) is 0 Å². The number of nitrogens with one attached hydrogen (secondary N) is 1. The van der Waals surface area contributed by atoms with Crippen LogP contribution in [0.15, 0.2) is 36.7 Å². The number of rotatable bonds is 3. The molecule has 21 heavy (non-hydrogen) atoms. The predicted octanol–water partition coefficient (Wildman–Crippen LogP) is 2.41. The Morgan fingerprint density at radius 3 is 2.33 bits per heavy atom. The van der Waals surface area contributed by atoms with Gasteiger partial charge in [-0.2, -0.15) is 0 Å². The first-order valence-electron chi connectivity index (χ1n) is 6.74. The van der Waals surface area contributed by atoms with Crippen LogP contribution in [-0.2, 0) is 14.1 Å². The number of amides is 1. The summed E-state index contributed by atoms with van der Waals surface area (Å²) in [5, 5.41) is 2.42. The smallest absolute Gasteiger partial charge is 0.399 e. The lowest BCUT2D eigenvalue weighted by atomic mass is 9.79. The van der Waals surface area contributed by atoms with E-state index < -0.39 is 30.1 Å². The van der Waals surface area contributed by atoms with Crippen LogP contribution >= 0.6 is 0 Å². The third-order valence-electron chi connectivity index (χ3n) is 3.92. The summed E-state index contributed by atoms with van der Waals surface area (Å²) in [6.07, 6.45) is 0. The summed E-state index contributed by atoms with van der Waals surface area (Å²) in [5.74, 6) is -1.89. The molecule has 1 aromatic carbocycles. The van der Waals surface area contributed by atoms with Gasteiger partial charge in [-0.05, 0) is 45.3 Å². The van der Waals surface area contributed by atoms with E-state index in [1.54, 1.807) is 18.2 Å². The Hall–Kier alpha value is -1.66. The van der Waals surface area contributed by atoms with Gasteiger partial charge in [0, 0.05) is 5.69 Å². The molecule has 1 aromatic rings. The molecule has 0 unspecified atom stereocenters. The fourth-order valence-electron chi connectivity index (χ4n) is 1.94. The summed E-state index contributed by atoms with van der Waals surface area (Å²) in [6.45, 7) is 10.8. The lowest BCUT2D eigenvalue weighted by Gasteiger charge is -2.32. The summed E-state index contributed by atoms with van der Waals surface area (Å²) in [5.41, 5.74) is 0.343. The Labute approximate surface area is 124 Å². The van der Waals surface area contributed by atoms with Crippen LogP contribution in [0.4, 0.5) is 10.1 Å². The zero-order valence-electron chi connectivity index (χ0n) is 12.7. The van der Waals surface area contributed by atoms with Gasteiger partial charge in [0.15, 0.2) is 5.83 Å². The molecule has 112 valence electrons. The van der Waals surface area contributed by atoms with Crippen molar-refractivity contribution in [1.29, 1.82) is 0 Å². The molecule has 1 aliphatic heterocycles. The van der Waals surface area contributed by atoms with E-state index in [0.717, 1.165) is 5.46 Å². The maximum atomic E-state index is 12.7. The third kappa shape index (κ3) is 3.17. The molecule has 1 fully saturated rings. The second kappa shape index (κ2) is 5.28. The van der Waals surface area contributed by atoms with Crippen molar-refractivity contribution in [3.63, 3.8) is 0 Å². The molecule has 6 heteroatoms. The molecule has 1 heterocycles. The Bertz CT molecular complexity index is 570. The molecular weight excluding hydrogens is 272 g/mol. The van der Waals surface area contributed by atoms with E-state index in [4.69, 9.17) is 9.31 Å². The van der Waals surface area contributed by atoms with E-state index in [1.165, 1.54) is 0 Å². The largest absolute Gasteiger partial charge is 0.494 e. The Balaban J connectivity index is 2.19. The van der Waals surface area contributed by atoms with Crippen molar-refractivity contribution in [3.05, 3.63) is 36.7 Å².